The summed E-state index contributed by atoms with van der Waals surface area (Å²) in [5.74, 6) is 0. The first-order valence-corrected chi connectivity index (χ1v) is 9.03. The van der Waals surface area contributed by atoms with Gasteiger partial charge in [-0.05, 0) is 0 Å². The second kappa shape index (κ2) is 7.04. The van der Waals surface area contributed by atoms with Crippen LogP contribution in [-0.2, 0) is 4.74 Å². The Morgan fingerprint density at radius 2 is 1.62 bits per heavy atom. The molecule has 1 rings (SSSR count). The molecule has 1 heterocycles. The van der Waals surface area contributed by atoms with Gasteiger partial charge >= 0.3 is 100 Å². The molecule has 1 unspecified atom stereocenters. The van der Waals surface area contributed by atoms with E-state index in [2.05, 4.69) is 38.0 Å². The van der Waals surface area contributed by atoms with Crippen molar-refractivity contribution in [2.75, 3.05) is 31.3 Å². The quantitative estimate of drug-likeness (QED) is 0.466. The van der Waals surface area contributed by atoms with Crippen molar-refractivity contribution in [1.29, 1.82) is 0 Å². The number of rotatable bonds is 8. The zero-order chi connectivity index (χ0) is 11.9. The molecule has 0 aliphatic carbocycles. The van der Waals surface area contributed by atoms with Gasteiger partial charge in [0.25, 0.3) is 0 Å². The molecule has 0 radical (unpaired) electrons. The van der Waals surface area contributed by atoms with Crippen LogP contribution in [0.3, 0.4) is 0 Å². The maximum atomic E-state index is 5.78. The van der Waals surface area contributed by atoms with Crippen LogP contribution in [0.25, 0.3) is 0 Å². The van der Waals surface area contributed by atoms with E-state index in [0.29, 0.717) is 6.10 Å². The van der Waals surface area contributed by atoms with Crippen molar-refractivity contribution >= 4 is 7.26 Å². The third-order valence-corrected chi connectivity index (χ3v) is 8.20. The van der Waals surface area contributed by atoms with E-state index in [1.54, 1.807) is 0 Å². The molecule has 0 aromatic rings. The van der Waals surface area contributed by atoms with Crippen LogP contribution in [0.5, 0.6) is 0 Å². The Labute approximate surface area is 101 Å². The van der Waals surface area contributed by atoms with Crippen molar-refractivity contribution in [3.8, 4) is 0 Å². The van der Waals surface area contributed by atoms with E-state index in [9.17, 15) is 0 Å². The van der Waals surface area contributed by atoms with Crippen molar-refractivity contribution in [3.05, 3.63) is 38.0 Å². The molecule has 92 valence electrons. The van der Waals surface area contributed by atoms with Crippen LogP contribution in [0.2, 0.25) is 0 Å². The van der Waals surface area contributed by atoms with Crippen molar-refractivity contribution in [3.63, 3.8) is 0 Å². The van der Waals surface area contributed by atoms with Crippen LogP contribution in [0, 0.1) is 0 Å². The fourth-order valence-corrected chi connectivity index (χ4v) is 6.83. The summed E-state index contributed by atoms with van der Waals surface area (Å²) < 4.78 is 5.78. The third kappa shape index (κ3) is 3.88. The molecular formula is C14H25OP. The Balaban J connectivity index is 2.67. The molecule has 1 fully saturated rings. The molecule has 0 saturated carbocycles. The fraction of sp³-hybridized carbons (Fsp3) is 0.571. The van der Waals surface area contributed by atoms with Gasteiger partial charge in [0.2, 0.25) is 0 Å². The summed E-state index contributed by atoms with van der Waals surface area (Å²) in [6, 6.07) is 0. The molecule has 16 heavy (non-hydrogen) atoms. The molecule has 1 saturated heterocycles. The molecule has 0 N–H and O–H groups in total. The monoisotopic (exact) mass is 240 g/mol. The zero-order valence-corrected chi connectivity index (χ0v) is 11.3. The predicted molar refractivity (Wildman–Crippen MR) is 77.3 cm³/mol. The van der Waals surface area contributed by atoms with Gasteiger partial charge in [0.05, 0.1) is 0 Å². The van der Waals surface area contributed by atoms with Gasteiger partial charge in [-0.15, -0.1) is 0 Å². The predicted octanol–water partition coefficient (Wildman–Crippen LogP) is 3.47. The minimum absolute atomic E-state index is 0.492. The van der Waals surface area contributed by atoms with E-state index in [4.69, 9.17) is 4.74 Å². The minimum atomic E-state index is -1.34. The number of hydrogen-bond donors (Lipinski definition) is 0. The molecule has 1 atom stereocenters. The SMILES string of the molecule is C=CC[PH](CC=C)(CC=C)CC1CCCO1. The molecule has 0 aromatic carbocycles. The van der Waals surface area contributed by atoms with E-state index in [0.717, 1.165) is 25.1 Å². The van der Waals surface area contributed by atoms with Crippen LogP contribution in [0.4, 0.5) is 0 Å². The summed E-state index contributed by atoms with van der Waals surface area (Å²) in [6.07, 6.45) is 13.9. The first-order chi connectivity index (χ1) is 7.76. The topological polar surface area (TPSA) is 9.23 Å². The summed E-state index contributed by atoms with van der Waals surface area (Å²) in [4.78, 5) is 0. The summed E-state index contributed by atoms with van der Waals surface area (Å²) in [7, 11) is -1.34. The fourth-order valence-electron chi connectivity index (χ4n) is 2.71. The summed E-state index contributed by atoms with van der Waals surface area (Å²) in [5, 5.41) is 0. The zero-order valence-electron chi connectivity index (χ0n) is 10.3. The van der Waals surface area contributed by atoms with Gasteiger partial charge in [0, 0.05) is 0 Å². The summed E-state index contributed by atoms with van der Waals surface area (Å²) in [6.45, 7) is 12.7. The van der Waals surface area contributed by atoms with Crippen molar-refractivity contribution in [2.24, 2.45) is 0 Å². The Kier molecular flexibility index (Phi) is 6.01. The average Bonchev–Trinajstić information content (AvgIpc) is 2.71. The first-order valence-electron chi connectivity index (χ1n) is 6.20. The van der Waals surface area contributed by atoms with Gasteiger partial charge < -0.3 is 0 Å². The summed E-state index contributed by atoms with van der Waals surface area (Å²) >= 11 is 0. The summed E-state index contributed by atoms with van der Waals surface area (Å²) in [5.41, 5.74) is 0. The molecule has 0 amide bonds. The first kappa shape index (κ1) is 13.7. The van der Waals surface area contributed by atoms with Crippen molar-refractivity contribution in [1.82, 2.24) is 0 Å². The van der Waals surface area contributed by atoms with Crippen LogP contribution in [-0.4, -0.2) is 37.4 Å². The second-order valence-electron chi connectivity index (χ2n) is 4.82. The molecule has 1 aliphatic rings. The standard InChI is InChI=1S/C14H25OP/c1-4-10-16(11-5-2,12-6-3)13-14-8-7-9-15-14/h4-6,14,16H,1-3,7-13H2. The maximum absolute atomic E-state index is 5.78. The van der Waals surface area contributed by atoms with Crippen LogP contribution in [0.15, 0.2) is 38.0 Å². The van der Waals surface area contributed by atoms with Crippen LogP contribution in [0.1, 0.15) is 12.8 Å². The normalized spacial score (nSPS) is 21.6. The Morgan fingerprint density at radius 1 is 1.06 bits per heavy atom. The molecule has 1 aliphatic heterocycles. The van der Waals surface area contributed by atoms with Gasteiger partial charge in [-0.1, -0.05) is 0 Å². The van der Waals surface area contributed by atoms with Gasteiger partial charge in [-0.2, -0.15) is 0 Å². The number of hydrogen-bond acceptors (Lipinski definition) is 1. The van der Waals surface area contributed by atoms with E-state index in [1.807, 2.05) is 0 Å². The van der Waals surface area contributed by atoms with Gasteiger partial charge in [-0.3, -0.25) is 0 Å². The molecule has 0 spiro atoms. The van der Waals surface area contributed by atoms with Gasteiger partial charge in [-0.25, -0.2) is 0 Å². The number of allylic oxidation sites excluding steroid dienone is 3. The molecule has 0 aromatic heterocycles. The molecule has 0 bridgehead atoms. The molecular weight excluding hydrogens is 215 g/mol. The second-order valence-corrected chi connectivity index (χ2v) is 9.45. The van der Waals surface area contributed by atoms with Crippen molar-refractivity contribution in [2.45, 2.75) is 18.9 Å². The Bertz CT molecular complexity index is 215. The average molecular weight is 240 g/mol. The van der Waals surface area contributed by atoms with E-state index in [1.165, 1.54) is 19.0 Å². The van der Waals surface area contributed by atoms with Gasteiger partial charge in [0.15, 0.2) is 0 Å². The van der Waals surface area contributed by atoms with E-state index in [-0.39, 0.29) is 0 Å². The van der Waals surface area contributed by atoms with Crippen LogP contribution >= 0.6 is 7.26 Å². The van der Waals surface area contributed by atoms with Crippen molar-refractivity contribution < 1.29 is 4.74 Å². The molecule has 1 nitrogen and oxygen atoms in total. The molecule has 2 heteroatoms. The van der Waals surface area contributed by atoms with Crippen LogP contribution < -0.4 is 0 Å². The Hall–Kier alpha value is -0.390. The van der Waals surface area contributed by atoms with Gasteiger partial charge in [0.1, 0.15) is 0 Å². The Morgan fingerprint density at radius 3 is 2.00 bits per heavy atom. The van der Waals surface area contributed by atoms with E-state index < -0.39 is 7.26 Å². The van der Waals surface area contributed by atoms with E-state index >= 15 is 0 Å². The number of ether oxygens (including phenoxy) is 1. The third-order valence-electron chi connectivity index (χ3n) is 3.42.